The zero-order chi connectivity index (χ0) is 12.1. The third-order valence-corrected chi connectivity index (χ3v) is 4.46. The molecule has 1 N–H and O–H groups in total. The molecule has 1 aromatic rings. The number of hydrogen-bond donors (Lipinski definition) is 1. The predicted molar refractivity (Wildman–Crippen MR) is 74.2 cm³/mol. The molecule has 0 aliphatic carbocycles. The molecule has 0 amide bonds. The van der Waals surface area contributed by atoms with Crippen LogP contribution >= 0.6 is 27.3 Å². The van der Waals surface area contributed by atoms with Crippen LogP contribution in [0.15, 0.2) is 15.9 Å². The van der Waals surface area contributed by atoms with Gasteiger partial charge in [0, 0.05) is 27.9 Å². The molecule has 2 atom stereocenters. The highest BCUT2D eigenvalue weighted by atomic mass is 79.9. The number of halogens is 1. The lowest BCUT2D eigenvalue weighted by atomic mass is 9.96. The second-order valence-electron chi connectivity index (χ2n) is 4.27. The van der Waals surface area contributed by atoms with Crippen molar-refractivity contribution in [1.82, 2.24) is 5.32 Å². The van der Waals surface area contributed by atoms with E-state index in [9.17, 15) is 0 Å². The van der Waals surface area contributed by atoms with Gasteiger partial charge in [-0.3, -0.25) is 0 Å². The van der Waals surface area contributed by atoms with Gasteiger partial charge in [-0.15, -0.1) is 11.3 Å². The highest BCUT2D eigenvalue weighted by molar-refractivity contribution is 9.10. The van der Waals surface area contributed by atoms with Crippen molar-refractivity contribution >= 4 is 27.3 Å². The Hall–Kier alpha value is 0.1000. The van der Waals surface area contributed by atoms with Gasteiger partial charge in [-0.25, -0.2) is 0 Å². The third kappa shape index (κ3) is 3.84. The lowest BCUT2D eigenvalue weighted by molar-refractivity contribution is 0.0356. The maximum atomic E-state index is 5.57. The Morgan fingerprint density at radius 1 is 1.50 bits per heavy atom. The maximum absolute atomic E-state index is 5.57. The minimum absolute atomic E-state index is 0.255. The fourth-order valence-corrected chi connectivity index (χ4v) is 3.47. The van der Waals surface area contributed by atoms with E-state index in [1.807, 2.05) is 7.05 Å². The van der Waals surface area contributed by atoms with Gasteiger partial charge in [0.05, 0.1) is 6.10 Å². The van der Waals surface area contributed by atoms with Gasteiger partial charge in [-0.05, 0) is 41.4 Å². The summed E-state index contributed by atoms with van der Waals surface area (Å²) in [7, 11) is 3.79. The van der Waals surface area contributed by atoms with Crippen LogP contribution in [-0.2, 0) is 11.2 Å². The van der Waals surface area contributed by atoms with Crippen molar-refractivity contribution in [3.63, 3.8) is 0 Å². The Balaban J connectivity index is 2.67. The van der Waals surface area contributed by atoms with Gasteiger partial charge in [-0.2, -0.15) is 0 Å². The minimum Gasteiger partial charge on any atom is -0.380 e. The molecule has 0 bridgehead atoms. The van der Waals surface area contributed by atoms with Crippen molar-refractivity contribution in [2.24, 2.45) is 5.92 Å². The van der Waals surface area contributed by atoms with Crippen molar-refractivity contribution in [3.8, 4) is 0 Å². The lowest BCUT2D eigenvalue weighted by Gasteiger charge is -2.28. The first-order chi connectivity index (χ1) is 7.58. The third-order valence-electron chi connectivity index (χ3n) is 2.74. The van der Waals surface area contributed by atoms with E-state index in [0.29, 0.717) is 12.0 Å². The standard InChI is InChI=1S/C12H20BrNOS/c1-8(2)12(15-4)11(14-3)6-10-5-9(13)7-16-10/h5,7-8,11-12,14H,6H2,1-4H3. The van der Waals surface area contributed by atoms with E-state index in [-0.39, 0.29) is 6.10 Å². The fourth-order valence-electron chi connectivity index (χ4n) is 1.96. The van der Waals surface area contributed by atoms with E-state index in [0.717, 1.165) is 6.42 Å². The summed E-state index contributed by atoms with van der Waals surface area (Å²) in [5, 5.41) is 5.48. The summed E-state index contributed by atoms with van der Waals surface area (Å²) in [6, 6.07) is 2.55. The summed E-state index contributed by atoms with van der Waals surface area (Å²) in [4.78, 5) is 1.38. The molecule has 0 saturated carbocycles. The van der Waals surface area contributed by atoms with Gasteiger partial charge in [0.2, 0.25) is 0 Å². The van der Waals surface area contributed by atoms with Crippen LogP contribution in [0.25, 0.3) is 0 Å². The molecular weight excluding hydrogens is 286 g/mol. The molecule has 2 unspecified atom stereocenters. The van der Waals surface area contributed by atoms with Crippen LogP contribution < -0.4 is 5.32 Å². The minimum atomic E-state index is 0.255. The first-order valence-corrected chi connectivity index (χ1v) is 7.18. The second-order valence-corrected chi connectivity index (χ2v) is 6.19. The summed E-state index contributed by atoms with van der Waals surface area (Å²) < 4.78 is 6.74. The predicted octanol–water partition coefficient (Wildman–Crippen LogP) is 3.31. The topological polar surface area (TPSA) is 21.3 Å². The largest absolute Gasteiger partial charge is 0.380 e. The number of likely N-dealkylation sites (N-methyl/N-ethyl adjacent to an activating group) is 1. The molecule has 92 valence electrons. The smallest absolute Gasteiger partial charge is 0.0750 e. The van der Waals surface area contributed by atoms with Gasteiger partial charge >= 0.3 is 0 Å². The van der Waals surface area contributed by atoms with Gasteiger partial charge in [-0.1, -0.05) is 13.8 Å². The Morgan fingerprint density at radius 2 is 2.19 bits per heavy atom. The van der Waals surface area contributed by atoms with Crippen LogP contribution in [0.3, 0.4) is 0 Å². The highest BCUT2D eigenvalue weighted by Gasteiger charge is 2.23. The molecule has 0 aromatic carbocycles. The van der Waals surface area contributed by atoms with Gasteiger partial charge in [0.15, 0.2) is 0 Å². The summed E-state index contributed by atoms with van der Waals surface area (Å²) in [6.45, 7) is 4.39. The molecule has 0 spiro atoms. The molecule has 2 nitrogen and oxygen atoms in total. The van der Waals surface area contributed by atoms with Crippen LogP contribution in [0, 0.1) is 5.92 Å². The van der Waals surface area contributed by atoms with Crippen LogP contribution in [0.1, 0.15) is 18.7 Å². The van der Waals surface area contributed by atoms with Crippen LogP contribution in [0.2, 0.25) is 0 Å². The van der Waals surface area contributed by atoms with Crippen LogP contribution in [0.5, 0.6) is 0 Å². The number of hydrogen-bond acceptors (Lipinski definition) is 3. The molecule has 4 heteroatoms. The zero-order valence-electron chi connectivity index (χ0n) is 10.3. The summed E-state index contributed by atoms with van der Waals surface area (Å²) in [6.07, 6.45) is 1.27. The first kappa shape index (κ1) is 14.2. The monoisotopic (exact) mass is 305 g/mol. The SMILES string of the molecule is CNC(Cc1cc(Br)cs1)C(OC)C(C)C. The number of ether oxygens (including phenoxy) is 1. The van der Waals surface area contributed by atoms with Crippen molar-refractivity contribution in [2.45, 2.75) is 32.4 Å². The van der Waals surface area contributed by atoms with Crippen LogP contribution in [0.4, 0.5) is 0 Å². The molecule has 0 radical (unpaired) electrons. The van der Waals surface area contributed by atoms with Crippen molar-refractivity contribution in [2.75, 3.05) is 14.2 Å². The average Bonchev–Trinajstić information content (AvgIpc) is 2.63. The molecule has 0 fully saturated rings. The summed E-state index contributed by atoms with van der Waals surface area (Å²) >= 11 is 5.28. The lowest BCUT2D eigenvalue weighted by Crippen LogP contribution is -2.43. The van der Waals surface area contributed by atoms with E-state index in [1.54, 1.807) is 18.4 Å². The van der Waals surface area contributed by atoms with E-state index in [4.69, 9.17) is 4.74 Å². The molecule has 1 aromatic heterocycles. The normalized spacial score (nSPS) is 15.4. The quantitative estimate of drug-likeness (QED) is 0.870. The summed E-state index contributed by atoms with van der Waals surface area (Å²) in [5.41, 5.74) is 0. The van der Waals surface area contributed by atoms with Crippen molar-refractivity contribution < 1.29 is 4.74 Å². The van der Waals surface area contributed by atoms with Gasteiger partial charge in [0.25, 0.3) is 0 Å². The second kappa shape index (κ2) is 6.74. The summed E-state index contributed by atoms with van der Waals surface area (Å²) in [5.74, 6) is 0.519. The highest BCUT2D eigenvalue weighted by Crippen LogP contribution is 2.23. The molecule has 16 heavy (non-hydrogen) atoms. The Labute approximate surface area is 111 Å². The zero-order valence-corrected chi connectivity index (χ0v) is 12.7. The number of thiophene rings is 1. The number of methoxy groups -OCH3 is 1. The van der Waals surface area contributed by atoms with Crippen molar-refractivity contribution in [3.05, 3.63) is 20.8 Å². The van der Waals surface area contributed by atoms with E-state index >= 15 is 0 Å². The fraction of sp³-hybridized carbons (Fsp3) is 0.667. The molecule has 0 saturated heterocycles. The Kier molecular flexibility index (Phi) is 5.97. The van der Waals surface area contributed by atoms with Crippen molar-refractivity contribution in [1.29, 1.82) is 0 Å². The van der Waals surface area contributed by atoms with Gasteiger partial charge < -0.3 is 10.1 Å². The van der Waals surface area contributed by atoms with Crippen LogP contribution in [-0.4, -0.2) is 26.3 Å². The van der Waals surface area contributed by atoms with Gasteiger partial charge in [0.1, 0.15) is 0 Å². The molecule has 0 aliphatic rings. The number of nitrogens with one attached hydrogen (secondary N) is 1. The first-order valence-electron chi connectivity index (χ1n) is 5.51. The molecule has 0 aliphatic heterocycles. The molecule has 1 heterocycles. The molecular formula is C12H20BrNOS. The molecule has 1 rings (SSSR count). The Bertz CT molecular complexity index is 314. The van der Waals surface area contributed by atoms with E-state index in [1.165, 1.54) is 9.35 Å². The maximum Gasteiger partial charge on any atom is 0.0750 e. The van der Waals surface area contributed by atoms with E-state index in [2.05, 4.69) is 46.5 Å². The Morgan fingerprint density at radius 3 is 2.56 bits per heavy atom. The van der Waals surface area contributed by atoms with E-state index < -0.39 is 0 Å². The number of rotatable bonds is 6. The average molecular weight is 306 g/mol.